The van der Waals surface area contributed by atoms with Gasteiger partial charge in [-0.3, -0.25) is 4.79 Å². The van der Waals surface area contributed by atoms with Gasteiger partial charge in [0.2, 0.25) is 0 Å². The fourth-order valence-electron chi connectivity index (χ4n) is 2.13. The van der Waals surface area contributed by atoms with Gasteiger partial charge >= 0.3 is 0 Å². The summed E-state index contributed by atoms with van der Waals surface area (Å²) in [5.41, 5.74) is 3.18. The molecule has 2 aromatic rings. The highest BCUT2D eigenvalue weighted by atomic mass is 35.5. The van der Waals surface area contributed by atoms with Gasteiger partial charge in [-0.2, -0.15) is 10.1 Å². The lowest BCUT2D eigenvalue weighted by Crippen LogP contribution is -2.21. The van der Waals surface area contributed by atoms with Crippen molar-refractivity contribution in [2.75, 3.05) is 5.01 Å². The Bertz CT molecular complexity index is 776. The van der Waals surface area contributed by atoms with Gasteiger partial charge in [-0.1, -0.05) is 17.7 Å². The van der Waals surface area contributed by atoms with Crippen LogP contribution in [0.1, 0.15) is 17.4 Å². The summed E-state index contributed by atoms with van der Waals surface area (Å²) in [6.07, 6.45) is 1.91. The Morgan fingerprint density at radius 3 is 2.76 bits per heavy atom. The molecule has 0 unspecified atom stereocenters. The van der Waals surface area contributed by atoms with Crippen LogP contribution in [0.4, 0.5) is 5.69 Å². The second kappa shape index (κ2) is 5.47. The highest BCUT2D eigenvalue weighted by Crippen LogP contribution is 2.28. The van der Waals surface area contributed by atoms with Crippen LogP contribution in [0, 0.1) is 6.92 Å². The third-order valence-corrected chi connectivity index (χ3v) is 4.49. The van der Waals surface area contributed by atoms with Crippen molar-refractivity contribution >= 4 is 46.3 Å². The van der Waals surface area contributed by atoms with Gasteiger partial charge in [-0.05, 0) is 55.1 Å². The zero-order valence-corrected chi connectivity index (χ0v) is 13.2. The lowest BCUT2D eigenvalue weighted by atomic mass is 10.1. The lowest BCUT2D eigenvalue weighted by molar-refractivity contribution is -0.114. The Balaban J connectivity index is 1.98. The fraction of sp³-hybridized carbons (Fsp3) is 0.125. The van der Waals surface area contributed by atoms with Crippen LogP contribution < -0.4 is 5.01 Å². The van der Waals surface area contributed by atoms with Crippen molar-refractivity contribution in [3.63, 3.8) is 0 Å². The second-order valence-electron chi connectivity index (χ2n) is 4.81. The molecule has 0 saturated carbocycles. The molecule has 1 aromatic carbocycles. The topological polar surface area (TPSA) is 32.7 Å². The fourth-order valence-corrected chi connectivity index (χ4v) is 3.17. The molecule has 0 bridgehead atoms. The van der Waals surface area contributed by atoms with Crippen LogP contribution in [0.5, 0.6) is 0 Å². The Kier molecular flexibility index (Phi) is 3.66. The Labute approximate surface area is 132 Å². The van der Waals surface area contributed by atoms with Crippen molar-refractivity contribution in [3.05, 3.63) is 56.7 Å². The third-order valence-electron chi connectivity index (χ3n) is 3.29. The quantitative estimate of drug-likeness (QED) is 0.750. The molecule has 106 valence electrons. The van der Waals surface area contributed by atoms with E-state index in [1.54, 1.807) is 29.5 Å². The molecule has 0 atom stereocenters. The van der Waals surface area contributed by atoms with Crippen molar-refractivity contribution in [1.29, 1.82) is 0 Å². The predicted molar refractivity (Wildman–Crippen MR) is 89.1 cm³/mol. The average Bonchev–Trinajstić information content (AvgIpc) is 2.97. The van der Waals surface area contributed by atoms with Crippen LogP contribution in [-0.2, 0) is 4.79 Å². The summed E-state index contributed by atoms with van der Waals surface area (Å²) in [5, 5.41) is 8.35. The predicted octanol–water partition coefficient (Wildman–Crippen LogP) is 4.52. The van der Waals surface area contributed by atoms with Gasteiger partial charge < -0.3 is 0 Å². The van der Waals surface area contributed by atoms with Crippen LogP contribution in [0.2, 0.25) is 5.02 Å². The lowest BCUT2D eigenvalue weighted by Gasteiger charge is -2.11. The van der Waals surface area contributed by atoms with E-state index < -0.39 is 0 Å². The van der Waals surface area contributed by atoms with Gasteiger partial charge in [-0.15, -0.1) is 11.3 Å². The van der Waals surface area contributed by atoms with Crippen LogP contribution in [0.15, 0.2) is 46.4 Å². The number of anilines is 1. The van der Waals surface area contributed by atoms with Gasteiger partial charge in [0, 0.05) is 9.90 Å². The summed E-state index contributed by atoms with van der Waals surface area (Å²) >= 11 is 7.60. The molecule has 5 heteroatoms. The number of nitrogens with zero attached hydrogens (tertiary/aromatic N) is 2. The first-order valence-corrected chi connectivity index (χ1v) is 7.73. The van der Waals surface area contributed by atoms with Crippen LogP contribution >= 0.6 is 22.9 Å². The van der Waals surface area contributed by atoms with Crippen molar-refractivity contribution in [2.24, 2.45) is 5.10 Å². The molecule has 1 aliphatic heterocycles. The van der Waals surface area contributed by atoms with Gasteiger partial charge in [0.15, 0.2) is 0 Å². The largest absolute Gasteiger partial charge is 0.280 e. The molecule has 0 N–H and O–H groups in total. The maximum atomic E-state index is 12.6. The maximum absolute atomic E-state index is 12.6. The summed E-state index contributed by atoms with van der Waals surface area (Å²) in [4.78, 5) is 13.7. The zero-order valence-electron chi connectivity index (χ0n) is 11.6. The molecule has 0 radical (unpaired) electrons. The van der Waals surface area contributed by atoms with E-state index in [0.29, 0.717) is 22.0 Å². The number of amides is 1. The van der Waals surface area contributed by atoms with Gasteiger partial charge in [-0.25, -0.2) is 0 Å². The molecule has 1 aromatic heterocycles. The summed E-state index contributed by atoms with van der Waals surface area (Å²) in [5.74, 6) is -0.123. The van der Waals surface area contributed by atoms with Crippen LogP contribution in [-0.4, -0.2) is 11.6 Å². The van der Waals surface area contributed by atoms with Gasteiger partial charge in [0.1, 0.15) is 0 Å². The third kappa shape index (κ3) is 2.64. The molecular formula is C16H13ClN2OS. The Morgan fingerprint density at radius 1 is 1.29 bits per heavy atom. The summed E-state index contributed by atoms with van der Waals surface area (Å²) in [6, 6.07) is 9.17. The molecule has 3 nitrogen and oxygen atoms in total. The smallest absolute Gasteiger partial charge is 0.267 e. The van der Waals surface area contributed by atoms with Crippen molar-refractivity contribution in [1.82, 2.24) is 0 Å². The van der Waals surface area contributed by atoms with E-state index in [1.807, 2.05) is 37.4 Å². The van der Waals surface area contributed by atoms with E-state index >= 15 is 0 Å². The summed E-state index contributed by atoms with van der Waals surface area (Å²) in [7, 11) is 0. The van der Waals surface area contributed by atoms with E-state index in [9.17, 15) is 4.79 Å². The number of hydrazone groups is 1. The molecule has 2 heterocycles. The van der Waals surface area contributed by atoms with E-state index in [0.717, 1.165) is 10.4 Å². The number of carbonyl (C=O) groups excluding carboxylic acids is 1. The molecule has 0 saturated heterocycles. The molecule has 0 fully saturated rings. The maximum Gasteiger partial charge on any atom is 0.280 e. The second-order valence-corrected chi connectivity index (χ2v) is 6.19. The Hall–Kier alpha value is -1.91. The minimum Gasteiger partial charge on any atom is -0.267 e. The van der Waals surface area contributed by atoms with Gasteiger partial charge in [0.25, 0.3) is 5.91 Å². The normalized spacial score (nSPS) is 16.7. The van der Waals surface area contributed by atoms with E-state index in [4.69, 9.17) is 11.6 Å². The standard InChI is InChI=1S/C16H13ClN2OS/c1-10-6-7-21-15(10)9-14-11(2)18-19(16(14)20)13-5-3-4-12(17)8-13/h3-9H,1-2H3/b14-9-. The monoisotopic (exact) mass is 316 g/mol. The van der Waals surface area contributed by atoms with E-state index in [-0.39, 0.29) is 5.91 Å². The van der Waals surface area contributed by atoms with E-state index in [2.05, 4.69) is 5.10 Å². The molecule has 0 aliphatic carbocycles. The minimum absolute atomic E-state index is 0.123. The number of hydrogen-bond donors (Lipinski definition) is 0. The van der Waals surface area contributed by atoms with Crippen molar-refractivity contribution in [2.45, 2.75) is 13.8 Å². The first kappa shape index (κ1) is 14.0. The minimum atomic E-state index is -0.123. The molecule has 21 heavy (non-hydrogen) atoms. The molecule has 3 rings (SSSR count). The zero-order chi connectivity index (χ0) is 15.0. The molecule has 1 amide bonds. The summed E-state index contributed by atoms with van der Waals surface area (Å²) in [6.45, 7) is 3.88. The Morgan fingerprint density at radius 2 is 2.10 bits per heavy atom. The average molecular weight is 317 g/mol. The number of hydrogen-bond acceptors (Lipinski definition) is 3. The van der Waals surface area contributed by atoms with Crippen molar-refractivity contribution < 1.29 is 4.79 Å². The number of carbonyl (C=O) groups is 1. The molecule has 0 spiro atoms. The molecule has 1 aliphatic rings. The summed E-state index contributed by atoms with van der Waals surface area (Å²) < 4.78 is 0. The number of halogens is 1. The molecular weight excluding hydrogens is 304 g/mol. The van der Waals surface area contributed by atoms with Crippen molar-refractivity contribution in [3.8, 4) is 0 Å². The van der Waals surface area contributed by atoms with Gasteiger partial charge in [0.05, 0.1) is 17.0 Å². The van der Waals surface area contributed by atoms with Crippen LogP contribution in [0.25, 0.3) is 6.08 Å². The SMILES string of the molecule is CC1=NN(c2cccc(Cl)c2)C(=O)/C1=C\c1sccc1C. The highest BCUT2D eigenvalue weighted by molar-refractivity contribution is 7.11. The van der Waals surface area contributed by atoms with E-state index in [1.165, 1.54) is 5.01 Å². The highest BCUT2D eigenvalue weighted by Gasteiger charge is 2.28. The number of thiophene rings is 1. The number of rotatable bonds is 2. The first-order valence-electron chi connectivity index (χ1n) is 6.47. The first-order chi connectivity index (χ1) is 10.1. The number of benzene rings is 1. The number of aryl methyl sites for hydroxylation is 1. The van der Waals surface area contributed by atoms with Crippen LogP contribution in [0.3, 0.4) is 0 Å².